The van der Waals surface area contributed by atoms with Crippen LogP contribution in [0.4, 0.5) is 20.2 Å². The lowest BCUT2D eigenvalue weighted by Crippen LogP contribution is -2.49. The number of nitrogens with one attached hydrogen (secondary N) is 1. The van der Waals surface area contributed by atoms with E-state index in [1.54, 1.807) is 24.3 Å². The molecular weight excluding hydrogens is 376 g/mol. The van der Waals surface area contributed by atoms with Gasteiger partial charge in [-0.1, -0.05) is 23.9 Å². The molecule has 27 heavy (non-hydrogen) atoms. The smallest absolute Gasteiger partial charge is 0.261 e. The topological polar surface area (TPSA) is 92.5 Å². The number of carbonyl (C=O) groups excluding carboxylic acids is 3. The molecule has 2 aliphatic heterocycles. The molecule has 2 aromatic carbocycles. The van der Waals surface area contributed by atoms with Crippen LogP contribution in [0.2, 0.25) is 0 Å². The first-order chi connectivity index (χ1) is 12.8. The minimum Gasteiger partial charge on any atom is -0.366 e. The maximum absolute atomic E-state index is 14.1. The largest absolute Gasteiger partial charge is 0.366 e. The van der Waals surface area contributed by atoms with Gasteiger partial charge in [-0.05, 0) is 24.6 Å². The van der Waals surface area contributed by atoms with E-state index in [0.717, 1.165) is 11.0 Å². The zero-order chi connectivity index (χ0) is 19.3. The Morgan fingerprint density at radius 2 is 1.93 bits per heavy atom. The first-order valence-corrected chi connectivity index (χ1v) is 8.86. The molecule has 138 valence electrons. The highest BCUT2D eigenvalue weighted by atomic mass is 32.2. The zero-order valence-corrected chi connectivity index (χ0v) is 14.6. The Morgan fingerprint density at radius 3 is 2.67 bits per heavy atom. The van der Waals surface area contributed by atoms with Crippen molar-refractivity contribution in [3.8, 4) is 0 Å². The van der Waals surface area contributed by atoms with Crippen LogP contribution in [0.3, 0.4) is 0 Å². The summed E-state index contributed by atoms with van der Waals surface area (Å²) < 4.78 is 27.8. The molecule has 3 N–H and O–H groups in total. The third-order valence-electron chi connectivity index (χ3n) is 4.60. The number of amides is 3. The number of rotatable bonds is 3. The first-order valence-electron chi connectivity index (χ1n) is 8.05. The highest BCUT2D eigenvalue weighted by Crippen LogP contribution is 2.56. The fraction of sp³-hybridized carbons (Fsp3) is 0.167. The number of carbonyl (C=O) groups is 3. The van der Waals surface area contributed by atoms with Gasteiger partial charge in [-0.2, -0.15) is 0 Å². The molecule has 2 aliphatic rings. The lowest BCUT2D eigenvalue weighted by Gasteiger charge is -2.29. The fourth-order valence-corrected chi connectivity index (χ4v) is 4.77. The number of anilines is 2. The number of fused-ring (bicyclic) bond motifs is 3. The van der Waals surface area contributed by atoms with Crippen molar-refractivity contribution in [2.45, 2.75) is 22.6 Å². The van der Waals surface area contributed by atoms with Crippen LogP contribution in [-0.4, -0.2) is 22.6 Å². The lowest BCUT2D eigenvalue weighted by molar-refractivity contribution is -0.121. The molecule has 0 saturated carbocycles. The molecule has 1 atom stereocenters. The van der Waals surface area contributed by atoms with Crippen molar-refractivity contribution in [3.63, 3.8) is 0 Å². The van der Waals surface area contributed by atoms with Crippen molar-refractivity contribution in [2.75, 3.05) is 10.2 Å². The first kappa shape index (κ1) is 17.5. The number of para-hydroxylation sites is 1. The van der Waals surface area contributed by atoms with Crippen molar-refractivity contribution in [3.05, 3.63) is 53.6 Å². The van der Waals surface area contributed by atoms with Gasteiger partial charge in [-0.3, -0.25) is 19.3 Å². The molecule has 1 fully saturated rings. The Bertz CT molecular complexity index is 1010. The third-order valence-corrected chi connectivity index (χ3v) is 6.07. The number of nitrogens with two attached hydrogens (primary N) is 1. The summed E-state index contributed by atoms with van der Waals surface area (Å²) in [6, 6.07) is 8.44. The molecule has 0 radical (unpaired) electrons. The van der Waals surface area contributed by atoms with E-state index in [0.29, 0.717) is 11.8 Å². The van der Waals surface area contributed by atoms with Crippen LogP contribution in [0.25, 0.3) is 0 Å². The number of primary amides is 1. The van der Waals surface area contributed by atoms with Crippen LogP contribution in [0.15, 0.2) is 41.3 Å². The van der Waals surface area contributed by atoms with Gasteiger partial charge in [-0.15, -0.1) is 0 Å². The van der Waals surface area contributed by atoms with Crippen molar-refractivity contribution < 1.29 is 23.2 Å². The van der Waals surface area contributed by atoms with Crippen LogP contribution < -0.4 is 16.0 Å². The summed E-state index contributed by atoms with van der Waals surface area (Å²) in [6.45, 7) is 0. The van der Waals surface area contributed by atoms with Gasteiger partial charge in [0.05, 0.1) is 16.9 Å². The summed E-state index contributed by atoms with van der Waals surface area (Å²) in [7, 11) is 0. The van der Waals surface area contributed by atoms with E-state index in [9.17, 15) is 23.2 Å². The summed E-state index contributed by atoms with van der Waals surface area (Å²) in [6.07, 6.45) is 0.412. The molecule has 9 heteroatoms. The van der Waals surface area contributed by atoms with E-state index in [2.05, 4.69) is 5.32 Å². The van der Waals surface area contributed by atoms with Crippen LogP contribution in [0, 0.1) is 11.6 Å². The standard InChI is InChI=1S/C18H13F2N3O3S/c19-10-8-11(20)12(7-9(10)16(21)25)22-17(26)18-6-5-15(24)23(18)13-3-1-2-4-14(13)27-18/h1-4,7-8H,5-6H2,(H2,21,25)(H,22,26)/t18-/m0/s1. The summed E-state index contributed by atoms with van der Waals surface area (Å²) in [5.74, 6) is -4.08. The third kappa shape index (κ3) is 2.57. The van der Waals surface area contributed by atoms with Crippen LogP contribution in [-0.2, 0) is 9.59 Å². The Hall–Kier alpha value is -2.94. The second-order valence-corrected chi connectivity index (χ2v) is 7.53. The van der Waals surface area contributed by atoms with Gasteiger partial charge in [0.1, 0.15) is 11.6 Å². The Kier molecular flexibility index (Phi) is 3.92. The predicted molar refractivity (Wildman–Crippen MR) is 95.3 cm³/mol. The number of halogens is 2. The monoisotopic (exact) mass is 389 g/mol. The van der Waals surface area contributed by atoms with Gasteiger partial charge in [0.25, 0.3) is 11.8 Å². The Labute approximate surface area is 156 Å². The van der Waals surface area contributed by atoms with E-state index in [-0.39, 0.29) is 24.4 Å². The highest BCUT2D eigenvalue weighted by molar-refractivity contribution is 8.02. The molecule has 0 aromatic heterocycles. The van der Waals surface area contributed by atoms with E-state index < -0.39 is 33.9 Å². The van der Waals surface area contributed by atoms with Crippen LogP contribution >= 0.6 is 11.8 Å². The SMILES string of the molecule is NC(=O)c1cc(NC(=O)[C@@]23CCC(=O)N2c2ccccc2S3)c(F)cc1F. The zero-order valence-electron chi connectivity index (χ0n) is 13.8. The summed E-state index contributed by atoms with van der Waals surface area (Å²) in [4.78, 5) is 37.6. The lowest BCUT2D eigenvalue weighted by atomic mass is 10.1. The van der Waals surface area contributed by atoms with Crippen LogP contribution in [0.1, 0.15) is 23.2 Å². The number of thioether (sulfide) groups is 1. The molecule has 0 unspecified atom stereocenters. The number of hydrogen-bond acceptors (Lipinski definition) is 4. The molecule has 0 spiro atoms. The van der Waals surface area contributed by atoms with Gasteiger partial charge in [0, 0.05) is 17.4 Å². The molecule has 3 amide bonds. The summed E-state index contributed by atoms with van der Waals surface area (Å²) in [5.41, 5.74) is 4.79. The van der Waals surface area contributed by atoms with Crippen LogP contribution in [0.5, 0.6) is 0 Å². The van der Waals surface area contributed by atoms with Crippen molar-refractivity contribution >= 4 is 40.9 Å². The predicted octanol–water partition coefficient (Wildman–Crippen LogP) is 2.63. The number of benzene rings is 2. The maximum atomic E-state index is 14.1. The minimum atomic E-state index is -1.26. The molecule has 0 aliphatic carbocycles. The average molecular weight is 389 g/mol. The van der Waals surface area contributed by atoms with Gasteiger partial charge in [0.2, 0.25) is 5.91 Å². The molecule has 4 rings (SSSR count). The van der Waals surface area contributed by atoms with E-state index in [1.807, 2.05) is 0 Å². The summed E-state index contributed by atoms with van der Waals surface area (Å²) >= 11 is 1.21. The number of hydrogen-bond donors (Lipinski definition) is 2. The highest BCUT2D eigenvalue weighted by Gasteiger charge is 2.57. The van der Waals surface area contributed by atoms with Gasteiger partial charge >= 0.3 is 0 Å². The molecule has 6 nitrogen and oxygen atoms in total. The van der Waals surface area contributed by atoms with Crippen molar-refractivity contribution in [1.82, 2.24) is 0 Å². The minimum absolute atomic E-state index is 0.174. The quantitative estimate of drug-likeness (QED) is 0.844. The second-order valence-electron chi connectivity index (χ2n) is 6.21. The maximum Gasteiger partial charge on any atom is 0.261 e. The van der Waals surface area contributed by atoms with Crippen molar-refractivity contribution in [1.29, 1.82) is 0 Å². The second kappa shape index (κ2) is 6.05. The van der Waals surface area contributed by atoms with E-state index in [4.69, 9.17) is 5.73 Å². The number of nitrogens with zero attached hydrogens (tertiary/aromatic N) is 1. The van der Waals surface area contributed by atoms with Gasteiger partial charge in [-0.25, -0.2) is 8.78 Å². The van der Waals surface area contributed by atoms with Gasteiger partial charge in [0.15, 0.2) is 4.87 Å². The molecule has 0 bridgehead atoms. The molecular formula is C18H13F2N3O3S. The average Bonchev–Trinajstić information content (AvgIpc) is 3.13. The fourth-order valence-electron chi connectivity index (χ4n) is 3.35. The summed E-state index contributed by atoms with van der Waals surface area (Å²) in [5, 5.41) is 2.39. The molecule has 1 saturated heterocycles. The Morgan fingerprint density at radius 1 is 1.19 bits per heavy atom. The Balaban J connectivity index is 1.71. The van der Waals surface area contributed by atoms with Crippen molar-refractivity contribution in [2.24, 2.45) is 5.73 Å². The molecule has 2 aromatic rings. The molecule has 2 heterocycles. The van der Waals surface area contributed by atoms with Gasteiger partial charge < -0.3 is 11.1 Å². The van der Waals surface area contributed by atoms with E-state index >= 15 is 0 Å². The normalized spacial score (nSPS) is 20.4. The van der Waals surface area contributed by atoms with E-state index in [1.165, 1.54) is 16.7 Å².